The van der Waals surface area contributed by atoms with E-state index in [0.29, 0.717) is 28.5 Å². The van der Waals surface area contributed by atoms with Gasteiger partial charge in [0.25, 0.3) is 14.9 Å². The van der Waals surface area contributed by atoms with Crippen molar-refractivity contribution < 1.29 is 26.8 Å². The first-order valence-electron chi connectivity index (χ1n) is 27.8. The molecule has 1 N–H and O–H groups in total. The van der Waals surface area contributed by atoms with Crippen LogP contribution in [0.1, 0.15) is 221 Å². The molecule has 0 saturated carbocycles. The molecule has 418 valence electrons. The summed E-state index contributed by atoms with van der Waals surface area (Å²) in [5.74, 6) is 1.49. The second-order valence-corrected chi connectivity index (χ2v) is 31.3. The Labute approximate surface area is 471 Å². The van der Waals surface area contributed by atoms with Gasteiger partial charge >= 0.3 is 8.24 Å². The van der Waals surface area contributed by atoms with E-state index in [1.165, 1.54) is 11.1 Å². The minimum Gasteiger partial charge on any atom is -0.440 e. The fourth-order valence-electron chi connectivity index (χ4n) is 9.53. The Morgan fingerprint density at radius 3 is 1.22 bits per heavy atom. The van der Waals surface area contributed by atoms with E-state index in [1.807, 2.05) is 48.5 Å². The minimum absolute atomic E-state index is 0.150. The molecule has 0 aliphatic rings. The highest BCUT2D eigenvalue weighted by Crippen LogP contribution is 2.54. The average Bonchev–Trinajstić information content (AvgIpc) is 3.47. The predicted octanol–water partition coefficient (Wildman–Crippen LogP) is 21.4. The maximum Gasteiger partial charge on any atom is 0.453 e. The van der Waals surface area contributed by atoms with Crippen molar-refractivity contribution in [2.24, 2.45) is 0 Å². The largest absolute Gasteiger partial charge is 0.453 e. The molecule has 0 spiro atoms. The number of anilines is 1. The van der Waals surface area contributed by atoms with Crippen molar-refractivity contribution >= 4 is 50.8 Å². The van der Waals surface area contributed by atoms with Crippen molar-refractivity contribution in [2.45, 2.75) is 209 Å². The van der Waals surface area contributed by atoms with Crippen LogP contribution in [-0.2, 0) is 43.3 Å². The highest BCUT2D eigenvalue weighted by atomic mass is 31.1. The molecule has 0 radical (unpaired) electrons. The Hall–Kier alpha value is -5.48. The standard InChI is InChI=1S/C69H91NO6P2/c1-62(2,3)42-34-48(57(52(38-42)66(13,14)15)73-77-72-56-33-29-28-32-47(56)61(71)70-46-30-26-25-27-31-46)49-35-43(63(4,5)6)39-53(67(16,17)18)58(49)74-78-75-59-50(36-44(64(7,8)9)40-54(59)68(19,20)21)51-37-45(65(10,11)12)41-55(60(51)76-78)69(22,23)24/h25-41,77H,1-24H3,(H,70,71). The number of amides is 1. The molecule has 1 heterocycles. The number of nitrogens with one attached hydrogen (secondary N) is 1. The summed E-state index contributed by atoms with van der Waals surface area (Å²) in [5.41, 5.74) is 11.2. The van der Waals surface area contributed by atoms with Gasteiger partial charge < -0.3 is 27.3 Å². The Morgan fingerprint density at radius 1 is 0.423 bits per heavy atom. The molecule has 7 nitrogen and oxygen atoms in total. The minimum atomic E-state index is -2.20. The van der Waals surface area contributed by atoms with Crippen LogP contribution in [-0.4, -0.2) is 5.91 Å². The van der Waals surface area contributed by atoms with Crippen LogP contribution in [0, 0.1) is 0 Å². The first-order valence-corrected chi connectivity index (χ1v) is 29.7. The van der Waals surface area contributed by atoms with E-state index in [2.05, 4.69) is 220 Å². The van der Waals surface area contributed by atoms with Gasteiger partial charge in [0.1, 0.15) is 28.4 Å². The molecule has 78 heavy (non-hydrogen) atoms. The fraction of sp³-hybridized carbons (Fsp3) is 0.464. The number of carbonyl (C=O) groups is 1. The second kappa shape index (κ2) is 21.2. The number of para-hydroxylation sites is 2. The van der Waals surface area contributed by atoms with Gasteiger partial charge in [-0.25, -0.2) is 0 Å². The third kappa shape index (κ3) is 13.4. The molecule has 1 unspecified atom stereocenters. The van der Waals surface area contributed by atoms with Crippen LogP contribution in [0.5, 0.6) is 17.2 Å². The van der Waals surface area contributed by atoms with Crippen LogP contribution in [0.4, 0.5) is 5.69 Å². The summed E-state index contributed by atoms with van der Waals surface area (Å²) in [4.78, 5) is 13.8. The van der Waals surface area contributed by atoms with Crippen molar-refractivity contribution in [2.75, 3.05) is 5.32 Å². The molecule has 0 aliphatic heterocycles. The maximum absolute atomic E-state index is 13.8. The summed E-state index contributed by atoms with van der Waals surface area (Å²) in [6, 6.07) is 35.3. The molecule has 1 aromatic heterocycles. The van der Waals surface area contributed by atoms with E-state index < -0.39 is 22.7 Å². The highest BCUT2D eigenvalue weighted by molar-refractivity contribution is 7.32. The third-order valence-electron chi connectivity index (χ3n) is 14.6. The van der Waals surface area contributed by atoms with E-state index in [9.17, 15) is 4.79 Å². The zero-order valence-electron chi connectivity index (χ0n) is 51.7. The summed E-state index contributed by atoms with van der Waals surface area (Å²) >= 11 is 0. The van der Waals surface area contributed by atoms with Crippen molar-refractivity contribution in [1.29, 1.82) is 0 Å². The van der Waals surface area contributed by atoms with Gasteiger partial charge in [0.05, 0.1) is 5.56 Å². The molecule has 9 heteroatoms. The highest BCUT2D eigenvalue weighted by Gasteiger charge is 2.35. The number of fused-ring (bicyclic) bond motifs is 3. The van der Waals surface area contributed by atoms with E-state index in [1.54, 1.807) is 6.07 Å². The number of carbonyl (C=O) groups excluding carboxylic acids is 1. The van der Waals surface area contributed by atoms with Crippen LogP contribution in [0.25, 0.3) is 33.1 Å². The number of hydrogen-bond acceptors (Lipinski definition) is 6. The van der Waals surface area contributed by atoms with Gasteiger partial charge in [-0.15, -0.1) is 0 Å². The van der Waals surface area contributed by atoms with E-state index in [-0.39, 0.29) is 43.8 Å². The molecule has 6 aromatic carbocycles. The molecule has 1 amide bonds. The lowest BCUT2D eigenvalue weighted by Gasteiger charge is -2.32. The van der Waals surface area contributed by atoms with Crippen molar-refractivity contribution in [1.82, 2.24) is 0 Å². The van der Waals surface area contributed by atoms with Crippen molar-refractivity contribution in [3.8, 4) is 28.4 Å². The molecular weight excluding hydrogens is 1000 g/mol. The maximum atomic E-state index is 13.8. The van der Waals surface area contributed by atoms with E-state index >= 15 is 0 Å². The first kappa shape index (κ1) is 60.2. The SMILES string of the molecule is CC(C)(C)c1cc(-c2cc(C(C)(C)C)cc(C(C)(C)C)c2Op2oc3c(C(C)(C)C)cc(C(C)(C)C)cc3c3cc(C(C)(C)C)cc(C(C)(C)C)c3o2)c(OPOc2ccccc2C(=O)Nc2ccccc2)c(C(C)(C)C)c1. The van der Waals surface area contributed by atoms with Crippen LogP contribution in [0.15, 0.2) is 112 Å². The van der Waals surface area contributed by atoms with Crippen LogP contribution < -0.4 is 18.9 Å². The molecule has 1 atom stereocenters. The summed E-state index contributed by atoms with van der Waals surface area (Å²) in [5, 5.41) is 5.04. The van der Waals surface area contributed by atoms with Crippen molar-refractivity contribution in [3.05, 3.63) is 153 Å². The number of rotatable bonds is 9. The average molecular weight is 1090 g/mol. The lowest BCUT2D eigenvalue weighted by atomic mass is 9.75. The Bertz CT molecular complexity index is 3310. The molecule has 7 aromatic rings. The smallest absolute Gasteiger partial charge is 0.440 e. The molecule has 7 rings (SSSR count). The van der Waals surface area contributed by atoms with Gasteiger partial charge in [-0.3, -0.25) is 4.79 Å². The van der Waals surface area contributed by atoms with Crippen molar-refractivity contribution in [3.63, 3.8) is 0 Å². The van der Waals surface area contributed by atoms with Crippen LogP contribution in [0.2, 0.25) is 0 Å². The Balaban J connectivity index is 1.59. The Morgan fingerprint density at radius 2 is 0.795 bits per heavy atom. The monoisotopic (exact) mass is 1090 g/mol. The van der Waals surface area contributed by atoms with Gasteiger partial charge in [-0.05, 0) is 114 Å². The normalized spacial score (nSPS) is 13.4. The van der Waals surface area contributed by atoms with Crippen LogP contribution in [0.3, 0.4) is 0 Å². The van der Waals surface area contributed by atoms with Crippen LogP contribution >= 0.6 is 17.3 Å². The molecule has 0 fully saturated rings. The summed E-state index contributed by atoms with van der Waals surface area (Å²) < 4.78 is 36.5. The first-order chi connectivity index (χ1) is 35.6. The third-order valence-corrected chi connectivity index (χ3v) is 16.2. The molecule has 0 bridgehead atoms. The molecular formula is C69H91NO6P2. The van der Waals surface area contributed by atoms with Gasteiger partial charge in [-0.1, -0.05) is 221 Å². The fourth-order valence-corrected chi connectivity index (χ4v) is 11.3. The predicted molar refractivity (Wildman–Crippen MR) is 334 cm³/mol. The summed E-state index contributed by atoms with van der Waals surface area (Å²) in [6.07, 6.45) is 0. The molecule has 0 saturated heterocycles. The zero-order valence-corrected chi connectivity index (χ0v) is 53.6. The second-order valence-electron chi connectivity index (χ2n) is 29.7. The number of benzene rings is 6. The quantitative estimate of drug-likeness (QED) is 0.145. The van der Waals surface area contributed by atoms with Gasteiger partial charge in [0.2, 0.25) is 0 Å². The van der Waals surface area contributed by atoms with E-state index in [0.717, 1.165) is 66.4 Å². The topological polar surface area (TPSA) is 83.1 Å². The van der Waals surface area contributed by atoms with Gasteiger partial charge in [0.15, 0.2) is 0 Å². The lowest BCUT2D eigenvalue weighted by Crippen LogP contribution is -2.19. The Kier molecular flexibility index (Phi) is 16.4. The summed E-state index contributed by atoms with van der Waals surface area (Å²) in [7, 11) is -2.71. The van der Waals surface area contributed by atoms with E-state index in [4.69, 9.17) is 22.0 Å². The zero-order chi connectivity index (χ0) is 58.1. The van der Waals surface area contributed by atoms with Gasteiger partial charge in [0, 0.05) is 49.8 Å². The number of hydrogen-bond donors (Lipinski definition) is 1. The summed E-state index contributed by atoms with van der Waals surface area (Å²) in [6.45, 7) is 54.3. The molecule has 0 aliphatic carbocycles. The van der Waals surface area contributed by atoms with Gasteiger partial charge in [-0.2, -0.15) is 0 Å². The lowest BCUT2D eigenvalue weighted by molar-refractivity contribution is 0.102.